The summed E-state index contributed by atoms with van der Waals surface area (Å²) in [5.41, 5.74) is -0.112. The molecule has 7 heteroatoms. The van der Waals surface area contributed by atoms with E-state index in [-0.39, 0.29) is 23.1 Å². The first-order valence-corrected chi connectivity index (χ1v) is 9.46. The number of hydrogen-bond acceptors (Lipinski definition) is 4. The second kappa shape index (κ2) is 4.84. The second-order valence-corrected chi connectivity index (χ2v) is 8.06. The molecule has 0 saturated heterocycles. The predicted molar refractivity (Wildman–Crippen MR) is 92.6 cm³/mol. The highest BCUT2D eigenvalue weighted by Crippen LogP contribution is 2.78. The fourth-order valence-electron chi connectivity index (χ4n) is 5.71. The molecule has 4 bridgehead atoms. The molecule has 4 saturated carbocycles. The van der Waals surface area contributed by atoms with E-state index in [1.165, 1.54) is 4.57 Å². The van der Waals surface area contributed by atoms with Crippen molar-refractivity contribution in [2.75, 3.05) is 0 Å². The van der Waals surface area contributed by atoms with Crippen LogP contribution in [0.3, 0.4) is 0 Å². The number of aliphatic hydroxyl groups is 1. The van der Waals surface area contributed by atoms with Gasteiger partial charge in [-0.2, -0.15) is 0 Å². The molecule has 5 atom stereocenters. The van der Waals surface area contributed by atoms with Crippen molar-refractivity contribution >= 4 is 11.2 Å². The smallest absolute Gasteiger partial charge is 0.332 e. The molecule has 2 aromatic rings. The van der Waals surface area contributed by atoms with Crippen LogP contribution < -0.4 is 11.2 Å². The largest absolute Gasteiger partial charge is 0.389 e. The molecule has 25 heavy (non-hydrogen) atoms. The van der Waals surface area contributed by atoms with Gasteiger partial charge in [0.1, 0.15) is 11.3 Å². The molecule has 4 aliphatic rings. The van der Waals surface area contributed by atoms with Crippen LogP contribution in [0.4, 0.5) is 0 Å². The Labute approximate surface area is 144 Å². The predicted octanol–water partition coefficient (Wildman–Crippen LogP) is 1.19. The summed E-state index contributed by atoms with van der Waals surface area (Å²) in [5.74, 6) is 2.13. The number of hydrogen-bond donors (Lipinski definition) is 2. The van der Waals surface area contributed by atoms with Gasteiger partial charge in [-0.3, -0.25) is 13.9 Å². The Bertz CT molecular complexity index is 987. The van der Waals surface area contributed by atoms with Crippen LogP contribution in [-0.2, 0) is 13.1 Å². The van der Waals surface area contributed by atoms with Crippen molar-refractivity contribution in [1.29, 1.82) is 0 Å². The molecule has 4 fully saturated rings. The maximum absolute atomic E-state index is 12.8. The zero-order chi connectivity index (χ0) is 17.5. The Hall–Kier alpha value is -1.89. The van der Waals surface area contributed by atoms with Crippen LogP contribution in [0.25, 0.3) is 11.2 Å². The van der Waals surface area contributed by atoms with Crippen LogP contribution in [0.15, 0.2) is 9.59 Å². The van der Waals surface area contributed by atoms with E-state index < -0.39 is 5.60 Å². The molecule has 2 heterocycles. The topological polar surface area (TPSA) is 92.9 Å². The molecular weight excluding hydrogens is 320 g/mol. The lowest BCUT2D eigenvalue weighted by Crippen LogP contribution is -2.40. The van der Waals surface area contributed by atoms with Crippen molar-refractivity contribution in [2.45, 2.75) is 64.1 Å². The lowest BCUT2D eigenvalue weighted by Gasteiger charge is -2.10. The highest BCUT2D eigenvalue weighted by Gasteiger charge is 2.79. The third kappa shape index (κ3) is 1.77. The summed E-state index contributed by atoms with van der Waals surface area (Å²) in [6.07, 6.45) is 3.45. The SMILES string of the molecule is CCCn1c(=O)c2[nH]c(C3C4CC5C3C5(O)C4)nc2n(CCC)c1=O. The highest BCUT2D eigenvalue weighted by molar-refractivity contribution is 5.70. The van der Waals surface area contributed by atoms with Crippen LogP contribution in [0.2, 0.25) is 0 Å². The number of imidazole rings is 1. The van der Waals surface area contributed by atoms with E-state index in [1.807, 2.05) is 13.8 Å². The van der Waals surface area contributed by atoms with Crippen molar-refractivity contribution in [1.82, 2.24) is 19.1 Å². The first-order chi connectivity index (χ1) is 12.0. The van der Waals surface area contributed by atoms with Gasteiger partial charge >= 0.3 is 5.69 Å². The minimum atomic E-state index is -0.486. The first-order valence-electron chi connectivity index (χ1n) is 9.46. The van der Waals surface area contributed by atoms with Gasteiger partial charge in [0.2, 0.25) is 0 Å². The van der Waals surface area contributed by atoms with Crippen LogP contribution >= 0.6 is 0 Å². The maximum atomic E-state index is 12.8. The van der Waals surface area contributed by atoms with Gasteiger partial charge in [0, 0.05) is 24.9 Å². The van der Waals surface area contributed by atoms with E-state index in [2.05, 4.69) is 4.98 Å². The molecule has 5 unspecified atom stereocenters. The molecule has 0 spiro atoms. The zero-order valence-electron chi connectivity index (χ0n) is 14.7. The molecule has 0 aliphatic heterocycles. The molecule has 4 aliphatic carbocycles. The number of fused-ring (bicyclic) bond motifs is 1. The second-order valence-electron chi connectivity index (χ2n) is 8.06. The number of aromatic nitrogens is 4. The summed E-state index contributed by atoms with van der Waals surface area (Å²) >= 11 is 0. The number of nitrogens with one attached hydrogen (secondary N) is 1. The summed E-state index contributed by atoms with van der Waals surface area (Å²) in [6.45, 7) is 4.94. The Balaban J connectivity index is 1.69. The Morgan fingerprint density at radius 3 is 2.52 bits per heavy atom. The van der Waals surface area contributed by atoms with Crippen molar-refractivity contribution in [3.63, 3.8) is 0 Å². The van der Waals surface area contributed by atoms with Crippen LogP contribution in [-0.4, -0.2) is 29.8 Å². The summed E-state index contributed by atoms with van der Waals surface area (Å²) in [5, 5.41) is 10.6. The fraction of sp³-hybridized carbons (Fsp3) is 0.722. The van der Waals surface area contributed by atoms with Crippen molar-refractivity contribution in [3.05, 3.63) is 26.7 Å². The monoisotopic (exact) mass is 344 g/mol. The summed E-state index contributed by atoms with van der Waals surface area (Å²) in [4.78, 5) is 33.5. The van der Waals surface area contributed by atoms with Gasteiger partial charge in [0.15, 0.2) is 5.65 Å². The first kappa shape index (κ1) is 15.4. The molecule has 0 aromatic carbocycles. The van der Waals surface area contributed by atoms with Crippen LogP contribution in [0.5, 0.6) is 0 Å². The minimum Gasteiger partial charge on any atom is -0.389 e. The van der Waals surface area contributed by atoms with E-state index in [0.29, 0.717) is 36.1 Å². The number of aromatic amines is 1. The lowest BCUT2D eigenvalue weighted by molar-refractivity contribution is 0.138. The highest BCUT2D eigenvalue weighted by atomic mass is 16.3. The van der Waals surface area contributed by atoms with E-state index in [0.717, 1.165) is 31.5 Å². The van der Waals surface area contributed by atoms with Gasteiger partial charge in [0.25, 0.3) is 5.56 Å². The van der Waals surface area contributed by atoms with Crippen LogP contribution in [0.1, 0.15) is 51.3 Å². The van der Waals surface area contributed by atoms with E-state index in [1.54, 1.807) is 4.57 Å². The zero-order valence-corrected chi connectivity index (χ0v) is 14.7. The normalized spacial score (nSPS) is 35.0. The Kier molecular flexibility index (Phi) is 2.98. The number of aryl methyl sites for hydroxylation is 1. The molecule has 134 valence electrons. The fourth-order valence-corrected chi connectivity index (χ4v) is 5.71. The average molecular weight is 344 g/mol. The average Bonchev–Trinajstić information content (AvgIpc) is 3.09. The molecule has 2 aromatic heterocycles. The molecule has 0 amide bonds. The van der Waals surface area contributed by atoms with Gasteiger partial charge in [-0.15, -0.1) is 0 Å². The van der Waals surface area contributed by atoms with Crippen molar-refractivity contribution in [2.24, 2.45) is 17.8 Å². The third-order valence-electron chi connectivity index (χ3n) is 6.67. The van der Waals surface area contributed by atoms with Crippen molar-refractivity contribution < 1.29 is 5.11 Å². The van der Waals surface area contributed by atoms with Gasteiger partial charge in [0.05, 0.1) is 5.60 Å². The van der Waals surface area contributed by atoms with Crippen LogP contribution in [0, 0.1) is 17.8 Å². The maximum Gasteiger partial charge on any atom is 0.332 e. The number of nitrogens with zero attached hydrogens (tertiary/aromatic N) is 3. The summed E-state index contributed by atoms with van der Waals surface area (Å²) in [6, 6.07) is 0. The quantitative estimate of drug-likeness (QED) is 0.852. The van der Waals surface area contributed by atoms with E-state index >= 15 is 0 Å². The van der Waals surface area contributed by atoms with Gasteiger partial charge in [-0.05, 0) is 37.5 Å². The number of H-pyrrole nitrogens is 1. The molecular formula is C18H24N4O3. The van der Waals surface area contributed by atoms with Gasteiger partial charge in [-0.25, -0.2) is 9.78 Å². The molecule has 2 N–H and O–H groups in total. The summed E-state index contributed by atoms with van der Waals surface area (Å²) in [7, 11) is 0. The standard InChI is InChI=1S/C18H24N4O3/c1-3-5-21-15-13(16(23)22(6-4-2)17(21)24)19-14(20-15)11-9-7-10-12(11)18(10,25)8-9/h9-12,25H,3-8H2,1-2H3,(H,19,20). The Morgan fingerprint density at radius 1 is 1.24 bits per heavy atom. The molecule has 6 rings (SSSR count). The van der Waals surface area contributed by atoms with E-state index in [4.69, 9.17) is 4.98 Å². The van der Waals surface area contributed by atoms with E-state index in [9.17, 15) is 14.7 Å². The van der Waals surface area contributed by atoms with Gasteiger partial charge in [-0.1, -0.05) is 13.8 Å². The summed E-state index contributed by atoms with van der Waals surface area (Å²) < 4.78 is 2.95. The Morgan fingerprint density at radius 2 is 1.96 bits per heavy atom. The molecule has 0 radical (unpaired) electrons. The lowest BCUT2D eigenvalue weighted by atomic mass is 9.98. The number of rotatable bonds is 5. The third-order valence-corrected chi connectivity index (χ3v) is 6.67. The van der Waals surface area contributed by atoms with Gasteiger partial charge < -0.3 is 10.1 Å². The molecule has 7 nitrogen and oxygen atoms in total. The minimum absolute atomic E-state index is 0.201. The van der Waals surface area contributed by atoms with Crippen molar-refractivity contribution in [3.8, 4) is 0 Å².